The summed E-state index contributed by atoms with van der Waals surface area (Å²) in [6, 6.07) is 29.7. The topological polar surface area (TPSA) is 95.8 Å². The van der Waals surface area contributed by atoms with Gasteiger partial charge in [0, 0.05) is 12.4 Å². The van der Waals surface area contributed by atoms with E-state index >= 15 is 0 Å². The van der Waals surface area contributed by atoms with Gasteiger partial charge in [-0.2, -0.15) is 0 Å². The van der Waals surface area contributed by atoms with Crippen molar-refractivity contribution in [1.82, 2.24) is 0 Å². The largest absolute Gasteiger partial charge is 0.494 e. The molecule has 0 aliphatic heterocycles. The van der Waals surface area contributed by atoms with Crippen molar-refractivity contribution < 1.29 is 28.5 Å². The van der Waals surface area contributed by atoms with Crippen molar-refractivity contribution in [3.8, 4) is 11.5 Å². The highest BCUT2D eigenvalue weighted by molar-refractivity contribution is 5.92. The van der Waals surface area contributed by atoms with Crippen molar-refractivity contribution in [3.05, 3.63) is 119 Å². The minimum Gasteiger partial charge on any atom is -0.494 e. The molecule has 0 aliphatic carbocycles. The number of ether oxygens (including phenoxy) is 4. The number of benzene rings is 4. The molecule has 0 bridgehead atoms. The molecule has 280 valence electrons. The van der Waals surface area contributed by atoms with Gasteiger partial charge in [-0.15, -0.1) is 0 Å². The van der Waals surface area contributed by atoms with E-state index in [-0.39, 0.29) is 19.1 Å². The maximum atomic E-state index is 12.6. The Balaban J connectivity index is 1.11. The number of aliphatic imine (C=N–C) groups is 2. The zero-order chi connectivity index (χ0) is 37.5. The zero-order valence-electron chi connectivity index (χ0n) is 31.5. The molecular weight excluding hydrogens is 665 g/mol. The van der Waals surface area contributed by atoms with Crippen LogP contribution >= 0.6 is 0 Å². The highest BCUT2D eigenvalue weighted by Gasteiger charge is 2.12. The fourth-order valence-electron chi connectivity index (χ4n) is 5.22. The molecule has 0 fully saturated rings. The van der Waals surface area contributed by atoms with Gasteiger partial charge in [0.25, 0.3) is 0 Å². The minimum atomic E-state index is -0.398. The standard InChI is InChI=1S/C45H54N2O6/c1-4-6-8-10-29-50-42-24-20-40(21-25-42)46-32-36-12-16-38(17-13-36)44(48)52-31-28-35(3)34-53-45(49)39-18-14-37(15-19-39)33-47-41-22-26-43(27-23-41)51-30-11-9-7-5-2/h12-27,32-33,35H,4-11,28-31,34H2,1-3H3/t35-/m0/s1. The van der Waals surface area contributed by atoms with E-state index in [0.717, 1.165) is 60.1 Å². The van der Waals surface area contributed by atoms with Crippen LogP contribution in [0.3, 0.4) is 0 Å². The van der Waals surface area contributed by atoms with E-state index in [0.29, 0.717) is 17.5 Å². The lowest BCUT2D eigenvalue weighted by Crippen LogP contribution is -2.15. The fraction of sp³-hybridized carbons (Fsp3) is 0.378. The predicted molar refractivity (Wildman–Crippen MR) is 214 cm³/mol. The SMILES string of the molecule is CCCCCCOc1ccc(N=Cc2ccc(C(=O)OCC[C@H](C)COC(=O)c3ccc(C=Nc4ccc(OCCCCCC)cc4)cc3)cc2)cc1. The van der Waals surface area contributed by atoms with Crippen LogP contribution in [0, 0.1) is 5.92 Å². The molecule has 0 amide bonds. The van der Waals surface area contributed by atoms with Crippen molar-refractivity contribution in [2.24, 2.45) is 15.9 Å². The van der Waals surface area contributed by atoms with Gasteiger partial charge in [0.05, 0.1) is 48.9 Å². The summed E-state index contributed by atoms with van der Waals surface area (Å²) in [6.07, 6.45) is 13.5. The van der Waals surface area contributed by atoms with Crippen LogP contribution in [0.5, 0.6) is 11.5 Å². The van der Waals surface area contributed by atoms with Gasteiger partial charge >= 0.3 is 11.9 Å². The van der Waals surface area contributed by atoms with E-state index in [1.807, 2.05) is 79.7 Å². The van der Waals surface area contributed by atoms with Gasteiger partial charge in [-0.05, 0) is 109 Å². The van der Waals surface area contributed by atoms with Gasteiger partial charge in [0.2, 0.25) is 0 Å². The maximum Gasteiger partial charge on any atom is 0.338 e. The monoisotopic (exact) mass is 718 g/mol. The molecule has 53 heavy (non-hydrogen) atoms. The highest BCUT2D eigenvalue weighted by atomic mass is 16.5. The molecule has 8 nitrogen and oxygen atoms in total. The minimum absolute atomic E-state index is 0.0148. The molecule has 0 saturated carbocycles. The summed E-state index contributed by atoms with van der Waals surface area (Å²) in [5.74, 6) is 0.913. The Labute approximate surface area is 315 Å². The summed E-state index contributed by atoms with van der Waals surface area (Å²) >= 11 is 0. The number of unbranched alkanes of at least 4 members (excludes halogenated alkanes) is 6. The van der Waals surface area contributed by atoms with Gasteiger partial charge in [0.15, 0.2) is 0 Å². The first-order chi connectivity index (χ1) is 25.9. The molecule has 1 atom stereocenters. The average Bonchev–Trinajstić information content (AvgIpc) is 3.19. The second-order valence-electron chi connectivity index (χ2n) is 13.2. The van der Waals surface area contributed by atoms with Crippen LogP contribution in [0.15, 0.2) is 107 Å². The molecule has 4 aromatic rings. The van der Waals surface area contributed by atoms with Gasteiger partial charge in [-0.3, -0.25) is 9.98 Å². The summed E-state index contributed by atoms with van der Waals surface area (Å²) in [4.78, 5) is 34.3. The van der Waals surface area contributed by atoms with Gasteiger partial charge in [0.1, 0.15) is 11.5 Å². The van der Waals surface area contributed by atoms with Gasteiger partial charge in [-0.25, -0.2) is 9.59 Å². The van der Waals surface area contributed by atoms with Crippen LogP contribution in [0.4, 0.5) is 11.4 Å². The predicted octanol–water partition coefficient (Wildman–Crippen LogP) is 11.1. The lowest BCUT2D eigenvalue weighted by atomic mass is 10.1. The molecule has 0 spiro atoms. The first-order valence-corrected chi connectivity index (χ1v) is 19.0. The van der Waals surface area contributed by atoms with E-state index in [1.54, 1.807) is 36.7 Å². The molecule has 0 aliphatic rings. The van der Waals surface area contributed by atoms with Crippen molar-refractivity contribution in [1.29, 1.82) is 0 Å². The van der Waals surface area contributed by atoms with Gasteiger partial charge in [-0.1, -0.05) is 83.6 Å². The Bertz CT molecular complexity index is 1700. The van der Waals surface area contributed by atoms with E-state index in [9.17, 15) is 9.59 Å². The molecule has 0 radical (unpaired) electrons. The molecule has 0 saturated heterocycles. The van der Waals surface area contributed by atoms with Crippen LogP contribution in [-0.2, 0) is 9.47 Å². The normalized spacial score (nSPS) is 11.8. The Kier molecular flexibility index (Phi) is 17.9. The number of nitrogens with zero attached hydrogens (tertiary/aromatic N) is 2. The highest BCUT2D eigenvalue weighted by Crippen LogP contribution is 2.20. The summed E-state index contributed by atoms with van der Waals surface area (Å²) in [7, 11) is 0. The summed E-state index contributed by atoms with van der Waals surface area (Å²) in [5, 5.41) is 0. The fourth-order valence-corrected chi connectivity index (χ4v) is 5.22. The number of hydrogen-bond donors (Lipinski definition) is 0. The van der Waals surface area contributed by atoms with Crippen molar-refractivity contribution >= 4 is 35.7 Å². The summed E-state index contributed by atoms with van der Waals surface area (Å²) in [5.41, 5.74) is 4.31. The van der Waals surface area contributed by atoms with Crippen LogP contribution in [0.25, 0.3) is 0 Å². The molecule has 8 heteroatoms. The first-order valence-electron chi connectivity index (χ1n) is 19.0. The Morgan fingerprint density at radius 3 is 1.42 bits per heavy atom. The summed E-state index contributed by atoms with van der Waals surface area (Å²) in [6.45, 7) is 8.26. The number of hydrogen-bond acceptors (Lipinski definition) is 8. The lowest BCUT2D eigenvalue weighted by molar-refractivity contribution is 0.0367. The number of rotatable bonds is 23. The number of carbonyl (C=O) groups excluding carboxylic acids is 2. The van der Waals surface area contributed by atoms with Crippen molar-refractivity contribution in [2.75, 3.05) is 26.4 Å². The Hall–Kier alpha value is -5.24. The second-order valence-corrected chi connectivity index (χ2v) is 13.2. The van der Waals surface area contributed by atoms with Gasteiger partial charge < -0.3 is 18.9 Å². The third-order valence-corrected chi connectivity index (χ3v) is 8.57. The third kappa shape index (κ3) is 15.5. The maximum absolute atomic E-state index is 12.6. The van der Waals surface area contributed by atoms with Crippen molar-refractivity contribution in [2.45, 2.75) is 78.6 Å². The molecular formula is C45H54N2O6. The lowest BCUT2D eigenvalue weighted by Gasteiger charge is -2.12. The molecule has 0 aromatic heterocycles. The zero-order valence-corrected chi connectivity index (χ0v) is 31.5. The Morgan fingerprint density at radius 2 is 0.981 bits per heavy atom. The second kappa shape index (κ2) is 23.3. The van der Waals surface area contributed by atoms with Crippen molar-refractivity contribution in [3.63, 3.8) is 0 Å². The van der Waals surface area contributed by atoms with E-state index in [4.69, 9.17) is 18.9 Å². The average molecular weight is 719 g/mol. The quantitative estimate of drug-likeness (QED) is 0.0430. The van der Waals surface area contributed by atoms with E-state index in [1.165, 1.54) is 38.5 Å². The van der Waals surface area contributed by atoms with E-state index < -0.39 is 11.9 Å². The summed E-state index contributed by atoms with van der Waals surface area (Å²) < 4.78 is 22.6. The smallest absolute Gasteiger partial charge is 0.338 e. The molecule has 4 aromatic carbocycles. The van der Waals surface area contributed by atoms with Crippen LogP contribution in [0.1, 0.15) is 110 Å². The number of esters is 2. The Morgan fingerprint density at radius 1 is 0.547 bits per heavy atom. The van der Waals surface area contributed by atoms with Crippen LogP contribution in [-0.4, -0.2) is 50.8 Å². The van der Waals surface area contributed by atoms with Crippen LogP contribution < -0.4 is 9.47 Å². The third-order valence-electron chi connectivity index (χ3n) is 8.57. The molecule has 4 rings (SSSR count). The number of carbonyl (C=O) groups is 2. The molecule has 0 unspecified atom stereocenters. The first kappa shape index (κ1) is 40.5. The molecule has 0 heterocycles. The molecule has 0 N–H and O–H groups in total. The van der Waals surface area contributed by atoms with Crippen LogP contribution in [0.2, 0.25) is 0 Å². The van der Waals surface area contributed by atoms with E-state index in [2.05, 4.69) is 23.8 Å².